The first-order valence-electron chi connectivity index (χ1n) is 5.35. The van der Waals surface area contributed by atoms with Crippen LogP contribution in [0.5, 0.6) is 0 Å². The molecule has 2 saturated carbocycles. The molecule has 1 aromatic heterocycles. The maximum Gasteiger partial charge on any atom is 0.130 e. The fourth-order valence-electron chi connectivity index (χ4n) is 1.99. The Morgan fingerprint density at radius 2 is 2.21 bits per heavy atom. The van der Waals surface area contributed by atoms with E-state index in [-0.39, 0.29) is 0 Å². The first-order chi connectivity index (χ1) is 6.74. The van der Waals surface area contributed by atoms with Crippen LogP contribution in [-0.4, -0.2) is 9.97 Å². The smallest absolute Gasteiger partial charge is 0.130 e. The van der Waals surface area contributed by atoms with E-state index in [1.54, 1.807) is 0 Å². The molecular formula is C11H14N2S. The van der Waals surface area contributed by atoms with Crippen molar-refractivity contribution in [3.63, 3.8) is 0 Å². The molecule has 1 heterocycles. The van der Waals surface area contributed by atoms with Crippen molar-refractivity contribution in [2.24, 2.45) is 5.92 Å². The van der Waals surface area contributed by atoms with E-state index in [9.17, 15) is 0 Å². The lowest BCUT2D eigenvalue weighted by Gasteiger charge is -2.03. The quantitative estimate of drug-likeness (QED) is 0.753. The topological polar surface area (TPSA) is 28.7 Å². The normalized spacial score (nSPS) is 30.4. The first-order valence-corrected chi connectivity index (χ1v) is 5.76. The highest BCUT2D eigenvalue weighted by atomic mass is 32.1. The molecule has 1 aromatic rings. The van der Waals surface area contributed by atoms with Gasteiger partial charge in [0.2, 0.25) is 0 Å². The molecule has 74 valence electrons. The summed E-state index contributed by atoms with van der Waals surface area (Å²) in [4.78, 5) is 7.88. The first kappa shape index (κ1) is 8.60. The number of aromatic nitrogens is 2. The Kier molecular flexibility index (Phi) is 1.78. The van der Waals surface area contributed by atoms with Gasteiger partial charge in [0.05, 0.1) is 0 Å². The van der Waals surface area contributed by atoms with Crippen LogP contribution in [0.2, 0.25) is 0 Å². The predicted octanol–water partition coefficient (Wildman–Crippen LogP) is 3.14. The Balaban J connectivity index is 1.99. The second kappa shape index (κ2) is 2.89. The highest BCUT2D eigenvalue weighted by Crippen LogP contribution is 2.46. The van der Waals surface area contributed by atoms with E-state index in [1.807, 2.05) is 6.07 Å². The standard InChI is InChI=1S/C11H14N2S/c1-6-4-8(6)11-12-9(7-2-3-7)5-10(14)13-11/h5-8H,2-4H2,1H3,(H,12,13,14). The molecule has 0 aromatic carbocycles. The zero-order valence-corrected chi connectivity index (χ0v) is 9.10. The van der Waals surface area contributed by atoms with Crippen molar-refractivity contribution in [2.45, 2.75) is 38.0 Å². The van der Waals surface area contributed by atoms with Crippen LogP contribution in [0.15, 0.2) is 6.07 Å². The number of nitrogens with zero attached hydrogens (tertiary/aromatic N) is 1. The van der Waals surface area contributed by atoms with Gasteiger partial charge in [0.15, 0.2) is 0 Å². The monoisotopic (exact) mass is 206 g/mol. The minimum absolute atomic E-state index is 0.649. The fourth-order valence-corrected chi connectivity index (χ4v) is 2.21. The highest BCUT2D eigenvalue weighted by molar-refractivity contribution is 7.71. The van der Waals surface area contributed by atoms with Gasteiger partial charge in [-0.2, -0.15) is 0 Å². The Labute approximate surface area is 88.8 Å². The van der Waals surface area contributed by atoms with Crippen LogP contribution in [0.25, 0.3) is 0 Å². The fraction of sp³-hybridized carbons (Fsp3) is 0.636. The van der Waals surface area contributed by atoms with Crippen molar-refractivity contribution in [1.29, 1.82) is 0 Å². The number of hydrogen-bond donors (Lipinski definition) is 1. The minimum Gasteiger partial charge on any atom is -0.347 e. The second-order valence-electron chi connectivity index (χ2n) is 4.65. The van der Waals surface area contributed by atoms with Gasteiger partial charge in [0.1, 0.15) is 10.5 Å². The summed E-state index contributed by atoms with van der Waals surface area (Å²) in [5.74, 6) is 3.32. The molecule has 0 bridgehead atoms. The lowest BCUT2D eigenvalue weighted by atomic mass is 10.2. The van der Waals surface area contributed by atoms with E-state index < -0.39 is 0 Å². The number of nitrogens with one attached hydrogen (secondary N) is 1. The van der Waals surface area contributed by atoms with Crippen molar-refractivity contribution in [1.82, 2.24) is 9.97 Å². The summed E-state index contributed by atoms with van der Waals surface area (Å²) in [5.41, 5.74) is 1.32. The zero-order valence-electron chi connectivity index (χ0n) is 8.29. The maximum absolute atomic E-state index is 5.19. The molecule has 2 atom stereocenters. The van der Waals surface area contributed by atoms with Gasteiger partial charge in [-0.1, -0.05) is 19.1 Å². The number of rotatable bonds is 2. The lowest BCUT2D eigenvalue weighted by molar-refractivity contribution is 0.815. The molecular weight excluding hydrogens is 192 g/mol. The van der Waals surface area contributed by atoms with E-state index in [2.05, 4.69) is 16.9 Å². The van der Waals surface area contributed by atoms with E-state index in [0.29, 0.717) is 5.92 Å². The van der Waals surface area contributed by atoms with Crippen molar-refractivity contribution >= 4 is 12.2 Å². The average Bonchev–Trinajstić information content (AvgIpc) is 2.96. The third-order valence-electron chi connectivity index (χ3n) is 3.26. The van der Waals surface area contributed by atoms with E-state index in [0.717, 1.165) is 22.3 Å². The van der Waals surface area contributed by atoms with Crippen molar-refractivity contribution in [3.8, 4) is 0 Å². The maximum atomic E-state index is 5.19. The van der Waals surface area contributed by atoms with Crippen LogP contribution >= 0.6 is 12.2 Å². The molecule has 0 spiro atoms. The van der Waals surface area contributed by atoms with Crippen LogP contribution in [0, 0.1) is 10.6 Å². The largest absolute Gasteiger partial charge is 0.347 e. The van der Waals surface area contributed by atoms with Gasteiger partial charge in [-0.3, -0.25) is 0 Å². The van der Waals surface area contributed by atoms with Crippen LogP contribution < -0.4 is 0 Å². The Hall–Kier alpha value is -0.700. The Morgan fingerprint density at radius 3 is 2.79 bits per heavy atom. The van der Waals surface area contributed by atoms with Gasteiger partial charge < -0.3 is 4.98 Å². The molecule has 2 nitrogen and oxygen atoms in total. The summed E-state index contributed by atoms with van der Waals surface area (Å²) in [6.45, 7) is 2.27. The predicted molar refractivity (Wildman–Crippen MR) is 57.9 cm³/mol. The number of aromatic amines is 1. The molecule has 2 aliphatic carbocycles. The average molecular weight is 206 g/mol. The summed E-state index contributed by atoms with van der Waals surface area (Å²) in [6, 6.07) is 2.03. The van der Waals surface area contributed by atoms with Crippen LogP contribution in [0.1, 0.15) is 49.5 Å². The van der Waals surface area contributed by atoms with Gasteiger partial charge in [-0.05, 0) is 37.2 Å². The van der Waals surface area contributed by atoms with Gasteiger partial charge in [0, 0.05) is 11.6 Å². The number of H-pyrrole nitrogens is 1. The molecule has 0 saturated heterocycles. The Bertz CT molecular complexity index is 420. The molecule has 0 amide bonds. The van der Waals surface area contributed by atoms with E-state index in [4.69, 9.17) is 12.2 Å². The Morgan fingerprint density at radius 1 is 1.50 bits per heavy atom. The van der Waals surface area contributed by atoms with Crippen LogP contribution in [0.4, 0.5) is 0 Å². The SMILES string of the molecule is CC1CC1c1nc(=S)cc(C2CC2)[nH]1. The molecule has 2 unspecified atom stereocenters. The van der Waals surface area contributed by atoms with Gasteiger partial charge in [0.25, 0.3) is 0 Å². The lowest BCUT2D eigenvalue weighted by Crippen LogP contribution is -1.97. The molecule has 14 heavy (non-hydrogen) atoms. The molecule has 0 radical (unpaired) electrons. The minimum atomic E-state index is 0.649. The third kappa shape index (κ3) is 1.50. The summed E-state index contributed by atoms with van der Waals surface area (Å²) in [5, 5.41) is 0. The van der Waals surface area contributed by atoms with Crippen molar-refractivity contribution in [3.05, 3.63) is 22.2 Å². The van der Waals surface area contributed by atoms with E-state index in [1.165, 1.54) is 25.0 Å². The van der Waals surface area contributed by atoms with Gasteiger partial charge in [-0.15, -0.1) is 0 Å². The molecule has 1 N–H and O–H groups in total. The second-order valence-corrected chi connectivity index (χ2v) is 5.07. The molecule has 3 rings (SSSR count). The zero-order chi connectivity index (χ0) is 9.71. The summed E-state index contributed by atoms with van der Waals surface area (Å²) >= 11 is 5.19. The molecule has 2 fully saturated rings. The number of hydrogen-bond acceptors (Lipinski definition) is 2. The summed E-state index contributed by atoms with van der Waals surface area (Å²) in [6.07, 6.45) is 3.90. The van der Waals surface area contributed by atoms with Crippen LogP contribution in [0.3, 0.4) is 0 Å². The third-order valence-corrected chi connectivity index (χ3v) is 3.47. The van der Waals surface area contributed by atoms with Crippen LogP contribution in [-0.2, 0) is 0 Å². The van der Waals surface area contributed by atoms with E-state index >= 15 is 0 Å². The van der Waals surface area contributed by atoms with Crippen molar-refractivity contribution < 1.29 is 0 Å². The summed E-state index contributed by atoms with van der Waals surface area (Å²) < 4.78 is 0.764. The molecule has 3 heteroatoms. The van der Waals surface area contributed by atoms with Gasteiger partial charge >= 0.3 is 0 Å². The van der Waals surface area contributed by atoms with Gasteiger partial charge in [-0.25, -0.2) is 4.98 Å². The molecule has 0 aliphatic heterocycles. The summed E-state index contributed by atoms with van der Waals surface area (Å²) in [7, 11) is 0. The molecule has 2 aliphatic rings. The van der Waals surface area contributed by atoms with Crippen molar-refractivity contribution in [2.75, 3.05) is 0 Å². The highest BCUT2D eigenvalue weighted by Gasteiger charge is 2.36.